The Kier molecular flexibility index (Phi) is 12.3. The summed E-state index contributed by atoms with van der Waals surface area (Å²) < 4.78 is 7.12. The van der Waals surface area contributed by atoms with Gasteiger partial charge in [0.1, 0.15) is 0 Å². The van der Waals surface area contributed by atoms with Crippen LogP contribution in [0.4, 0.5) is 0 Å². The summed E-state index contributed by atoms with van der Waals surface area (Å²) in [4.78, 5) is 45.5. The van der Waals surface area contributed by atoms with Crippen molar-refractivity contribution in [3.63, 3.8) is 0 Å². The van der Waals surface area contributed by atoms with E-state index in [1.165, 1.54) is 35.0 Å². The van der Waals surface area contributed by atoms with E-state index in [2.05, 4.69) is 5.73 Å². The zero-order valence-electron chi connectivity index (χ0n) is 16.7. The predicted octanol–water partition coefficient (Wildman–Crippen LogP) is 1.35. The molecule has 30 heavy (non-hydrogen) atoms. The fourth-order valence-corrected chi connectivity index (χ4v) is 3.96. The molecule has 0 heterocycles. The average Bonchev–Trinajstić information content (AvgIpc) is 3.07. The van der Waals surface area contributed by atoms with Crippen molar-refractivity contribution >= 4 is 29.9 Å². The summed E-state index contributed by atoms with van der Waals surface area (Å²) in [5.74, 6) is -1.00. The number of Topliss-reactive ketones (excluding diaryl/α,β-unsaturated/α-hetero) is 3. The van der Waals surface area contributed by atoms with E-state index in [1.807, 2.05) is 37.3 Å². The summed E-state index contributed by atoms with van der Waals surface area (Å²) >= 11 is 3.05. The van der Waals surface area contributed by atoms with Gasteiger partial charge < -0.3 is 5.73 Å². The Morgan fingerprint density at radius 1 is 0.933 bits per heavy atom. The molecule has 1 aliphatic rings. The molecule has 0 saturated heterocycles. The molecule has 0 amide bonds. The second-order valence-electron chi connectivity index (χ2n) is 6.02. The molecule has 0 atom stereocenters. The van der Waals surface area contributed by atoms with Crippen molar-refractivity contribution in [1.29, 1.82) is 0 Å². The average molecular weight is 803 g/mol. The van der Waals surface area contributed by atoms with E-state index < -0.39 is 12.1 Å². The van der Waals surface area contributed by atoms with Gasteiger partial charge >= 0.3 is 195 Å². The Balaban J connectivity index is 0.000000300. The van der Waals surface area contributed by atoms with Crippen LogP contribution in [0.15, 0.2) is 48.5 Å². The minimum absolute atomic E-state index is 0.174. The van der Waals surface area contributed by atoms with Crippen molar-refractivity contribution < 1.29 is 73.4 Å². The topological polar surface area (TPSA) is 104 Å². The molecule has 1 saturated carbocycles. The predicted molar refractivity (Wildman–Crippen MR) is 105 cm³/mol. The molecule has 0 radical (unpaired) electrons. The molecule has 0 aliphatic heterocycles. The summed E-state index contributed by atoms with van der Waals surface area (Å²) in [5, 5.41) is 0. The van der Waals surface area contributed by atoms with Crippen LogP contribution < -0.4 is 12.3 Å². The minimum atomic E-state index is -1.19. The van der Waals surface area contributed by atoms with Crippen LogP contribution in [0, 0.1) is 49.4 Å². The number of carbonyl (C=O) groups is 4. The number of nitrogens with two attached hydrogens (primary N) is 1. The van der Waals surface area contributed by atoms with Crippen molar-refractivity contribution in [2.24, 2.45) is 5.73 Å². The summed E-state index contributed by atoms with van der Waals surface area (Å²) in [5.41, 5.74) is 5.71. The van der Waals surface area contributed by atoms with Gasteiger partial charge in [0.15, 0.2) is 0 Å². The number of ether oxygens (including phenoxy) is 1. The van der Waals surface area contributed by atoms with Crippen molar-refractivity contribution in [3.8, 4) is 0 Å². The van der Waals surface area contributed by atoms with Gasteiger partial charge in [-0.2, -0.15) is 0 Å². The van der Waals surface area contributed by atoms with Gasteiger partial charge in [0, 0.05) is 0 Å². The van der Waals surface area contributed by atoms with Crippen LogP contribution in [0.5, 0.6) is 0 Å². The third kappa shape index (κ3) is 8.41. The van der Waals surface area contributed by atoms with Crippen LogP contribution in [0.3, 0.4) is 0 Å². The molecule has 0 bridgehead atoms. The molecule has 0 aromatic heterocycles. The first-order chi connectivity index (χ1) is 14.3. The summed E-state index contributed by atoms with van der Waals surface area (Å²) in [6.07, 6.45) is -0.246. The molecular weight excluding hydrogens is 780 g/mol. The van der Waals surface area contributed by atoms with Gasteiger partial charge in [-0.15, -0.1) is 0 Å². The fourth-order valence-electron chi connectivity index (χ4n) is 2.48. The van der Waals surface area contributed by atoms with Gasteiger partial charge in [-0.1, -0.05) is 0 Å². The monoisotopic (exact) mass is 803 g/mol. The van der Waals surface area contributed by atoms with Gasteiger partial charge in [0.25, 0.3) is 0 Å². The number of carbonyl (C=O) groups excluding carboxylic acids is 4. The second-order valence-corrected chi connectivity index (χ2v) is 9.41. The number of hydrogen-bond donors (Lipinski definition) is 1. The molecule has 3 rings (SSSR count). The van der Waals surface area contributed by atoms with Gasteiger partial charge in [-0.25, -0.2) is 0 Å². The van der Waals surface area contributed by atoms with Crippen molar-refractivity contribution in [1.82, 2.24) is 0 Å². The molecule has 2 aromatic rings. The van der Waals surface area contributed by atoms with Crippen LogP contribution in [0.2, 0.25) is 0 Å². The molecule has 160 valence electrons. The molecule has 2 N–H and O–H groups in total. The van der Waals surface area contributed by atoms with Crippen LogP contribution in [0.25, 0.3) is 0 Å². The van der Waals surface area contributed by atoms with E-state index in [1.54, 1.807) is 42.9 Å². The van der Waals surface area contributed by atoms with Gasteiger partial charge in [0.05, 0.1) is 0 Å². The quantitative estimate of drug-likeness (QED) is 0.285. The van der Waals surface area contributed by atoms with E-state index in [4.69, 9.17) is 4.74 Å². The molecule has 6 nitrogen and oxygen atoms in total. The zero-order chi connectivity index (χ0) is 22.7. The maximum absolute atomic E-state index is 11.7. The van der Waals surface area contributed by atoms with Crippen LogP contribution in [-0.2, 0) is 14.3 Å². The van der Waals surface area contributed by atoms with E-state index in [9.17, 15) is 19.2 Å². The number of hydrogen-bond acceptors (Lipinski definition) is 6. The number of benzene rings is 2. The van der Waals surface area contributed by atoms with E-state index >= 15 is 0 Å². The number of rotatable bonds is 4. The molecule has 1 fully saturated rings. The molecule has 1 aliphatic carbocycles. The third-order valence-corrected chi connectivity index (χ3v) is 5.78. The normalized spacial score (nSPS) is 13.0. The molecule has 0 unspecified atom stereocenters. The van der Waals surface area contributed by atoms with Gasteiger partial charge in [-0.3, -0.25) is 0 Å². The third-order valence-electron chi connectivity index (χ3n) is 3.96. The van der Waals surface area contributed by atoms with E-state index in [0.717, 1.165) is 8.83 Å². The zero-order valence-corrected chi connectivity index (χ0v) is 22.6. The SMILES string of the molecule is CCC(=O)c1cccc([211At])c1.CN.O=C(OC1C(=O)CCC1=O)c1cccc([211At])c1. The van der Waals surface area contributed by atoms with Crippen molar-refractivity contribution in [2.45, 2.75) is 32.3 Å². The second kappa shape index (κ2) is 13.9. The Labute approximate surface area is 206 Å². The van der Waals surface area contributed by atoms with E-state index in [-0.39, 0.29) is 30.2 Å². The first kappa shape index (κ1) is 26.7. The van der Waals surface area contributed by atoms with Crippen molar-refractivity contribution in [2.75, 3.05) is 7.05 Å². The molecule has 8 heteroatoms. The van der Waals surface area contributed by atoms with Crippen LogP contribution in [0.1, 0.15) is 46.9 Å². The van der Waals surface area contributed by atoms with Crippen LogP contribution in [-0.4, -0.2) is 36.5 Å². The molecule has 0 spiro atoms. The summed E-state index contributed by atoms with van der Waals surface area (Å²) in [7, 11) is 1.50. The Morgan fingerprint density at radius 3 is 1.87 bits per heavy atom. The van der Waals surface area contributed by atoms with Crippen molar-refractivity contribution in [3.05, 3.63) is 59.7 Å². The summed E-state index contributed by atoms with van der Waals surface area (Å²) in [6.45, 7) is 1.88. The number of ketones is 3. The molecular formula is C22H23At2NO5. The fraction of sp³-hybridized carbons (Fsp3) is 0.273. The van der Waals surface area contributed by atoms with Gasteiger partial charge in [-0.05, 0) is 7.05 Å². The number of esters is 1. The first-order valence-corrected chi connectivity index (χ1v) is 12.1. The Morgan fingerprint density at radius 2 is 1.40 bits per heavy atom. The maximum atomic E-state index is 11.7. The first-order valence-electron chi connectivity index (χ1n) is 9.20. The van der Waals surface area contributed by atoms with E-state index in [0.29, 0.717) is 12.0 Å². The van der Waals surface area contributed by atoms with Crippen LogP contribution >= 0.6 is 0 Å². The standard InChI is InChI=1S/C12H9AtO4.C9H9AtO.CH5N/c13-8-3-1-2-7(6-8)12(16)17-11-9(14)4-5-10(11)15;1-2-9(11)7-4-3-5-8(10)6-7;1-2/h1-3,6,11H,4-5H2;3-6H,2H2,1H3;2H2,1H3/i13+1;10+1;. The van der Waals surface area contributed by atoms with Gasteiger partial charge in [0.2, 0.25) is 0 Å². The Bertz CT molecular complexity index is 898. The summed E-state index contributed by atoms with van der Waals surface area (Å²) in [6, 6.07) is 14.7. The Hall–Kier alpha value is -1.35. The molecule has 2 aromatic carbocycles.